The van der Waals surface area contributed by atoms with Gasteiger partial charge in [-0.2, -0.15) is 0 Å². The van der Waals surface area contributed by atoms with E-state index < -0.39 is 5.54 Å². The van der Waals surface area contributed by atoms with Crippen LogP contribution in [0.3, 0.4) is 0 Å². The summed E-state index contributed by atoms with van der Waals surface area (Å²) in [6.07, 6.45) is 4.48. The summed E-state index contributed by atoms with van der Waals surface area (Å²) in [5.41, 5.74) is 1.07. The maximum absolute atomic E-state index is 13.8. The molecule has 170 valence electrons. The van der Waals surface area contributed by atoms with E-state index in [-0.39, 0.29) is 36.2 Å². The van der Waals surface area contributed by atoms with Crippen molar-refractivity contribution in [2.45, 2.75) is 62.5 Å². The van der Waals surface area contributed by atoms with Crippen molar-refractivity contribution in [2.24, 2.45) is 0 Å². The molecule has 7 nitrogen and oxygen atoms in total. The van der Waals surface area contributed by atoms with Gasteiger partial charge in [0, 0.05) is 6.20 Å². The predicted octanol–water partition coefficient (Wildman–Crippen LogP) is 3.21. The summed E-state index contributed by atoms with van der Waals surface area (Å²) in [6, 6.07) is 9.64. The summed E-state index contributed by atoms with van der Waals surface area (Å²) in [7, 11) is 0. The Morgan fingerprint density at radius 2 is 1.97 bits per heavy atom. The van der Waals surface area contributed by atoms with Gasteiger partial charge in [0.1, 0.15) is 23.8 Å². The van der Waals surface area contributed by atoms with Crippen LogP contribution in [-0.4, -0.2) is 48.6 Å². The monoisotopic (exact) mass is 441 g/mol. The fraction of sp³-hybridized carbons (Fsp3) is 0.500. The molecule has 1 aromatic heterocycles. The molecule has 1 aromatic carbocycles. The number of nitrogens with zero attached hydrogens (tertiary/aromatic N) is 1. The first-order valence-corrected chi connectivity index (χ1v) is 11.2. The van der Waals surface area contributed by atoms with Crippen molar-refractivity contribution in [1.82, 2.24) is 15.6 Å². The highest BCUT2D eigenvalue weighted by atomic mass is 19.1. The third-order valence-electron chi connectivity index (χ3n) is 6.75. The Bertz CT molecular complexity index is 981. The lowest BCUT2D eigenvalue weighted by atomic mass is 9.88. The van der Waals surface area contributed by atoms with Crippen molar-refractivity contribution in [3.05, 3.63) is 59.7 Å². The fourth-order valence-corrected chi connectivity index (χ4v) is 5.12. The number of hydrogen-bond donors (Lipinski definition) is 2. The summed E-state index contributed by atoms with van der Waals surface area (Å²) in [6.45, 7) is 2.63. The number of pyridine rings is 1. The third-order valence-corrected chi connectivity index (χ3v) is 6.75. The molecule has 3 heterocycles. The van der Waals surface area contributed by atoms with Gasteiger partial charge in [-0.15, -0.1) is 0 Å². The Morgan fingerprint density at radius 1 is 1.16 bits per heavy atom. The lowest BCUT2D eigenvalue weighted by Gasteiger charge is -2.32. The lowest BCUT2D eigenvalue weighted by molar-refractivity contribution is 0.0299. The maximum Gasteiger partial charge on any atom is 0.315 e. The average molecular weight is 442 g/mol. The zero-order chi connectivity index (χ0) is 22.1. The molecule has 2 aromatic rings. The maximum atomic E-state index is 13.8. The van der Waals surface area contributed by atoms with Crippen LogP contribution in [0.1, 0.15) is 36.9 Å². The molecular formula is C24H28FN3O4. The Hall–Kier alpha value is -2.71. The van der Waals surface area contributed by atoms with Gasteiger partial charge in [0.2, 0.25) is 0 Å². The number of aryl methyl sites for hydroxylation is 1. The number of ether oxygens (including phenoxy) is 3. The van der Waals surface area contributed by atoms with Crippen molar-refractivity contribution >= 4 is 6.03 Å². The molecule has 3 aliphatic rings. The zero-order valence-corrected chi connectivity index (χ0v) is 18.1. The smallest absolute Gasteiger partial charge is 0.315 e. The molecule has 2 N–H and O–H groups in total. The number of halogens is 1. The number of nitrogens with one attached hydrogen (secondary N) is 2. The summed E-state index contributed by atoms with van der Waals surface area (Å²) in [5, 5.41) is 6.15. The van der Waals surface area contributed by atoms with E-state index in [0.29, 0.717) is 19.0 Å². The van der Waals surface area contributed by atoms with E-state index in [9.17, 15) is 9.18 Å². The molecule has 5 rings (SSSR count). The molecule has 1 saturated carbocycles. The Balaban J connectivity index is 1.22. The highest BCUT2D eigenvalue weighted by molar-refractivity contribution is 5.75. The van der Waals surface area contributed by atoms with Crippen molar-refractivity contribution in [3.63, 3.8) is 0 Å². The molecule has 1 aliphatic carbocycles. The molecule has 0 spiro atoms. The van der Waals surface area contributed by atoms with Crippen molar-refractivity contribution in [2.75, 3.05) is 13.2 Å². The molecule has 3 fully saturated rings. The topological polar surface area (TPSA) is 81.7 Å². The molecule has 2 saturated heterocycles. The molecule has 0 radical (unpaired) electrons. The van der Waals surface area contributed by atoms with Crippen LogP contribution in [0.2, 0.25) is 0 Å². The first kappa shape index (κ1) is 21.2. The van der Waals surface area contributed by atoms with Crippen LogP contribution in [0.25, 0.3) is 0 Å². The minimum Gasteiger partial charge on any atom is -0.483 e. The molecule has 0 bridgehead atoms. The second kappa shape index (κ2) is 8.67. The number of carbonyl (C=O) groups excluding carboxylic acids is 1. The van der Waals surface area contributed by atoms with Gasteiger partial charge >= 0.3 is 6.03 Å². The van der Waals surface area contributed by atoms with Crippen LogP contribution in [0.4, 0.5) is 9.18 Å². The number of amides is 2. The van der Waals surface area contributed by atoms with E-state index in [1.807, 2.05) is 25.1 Å². The summed E-state index contributed by atoms with van der Waals surface area (Å²) in [4.78, 5) is 17.2. The van der Waals surface area contributed by atoms with E-state index in [0.717, 1.165) is 36.9 Å². The van der Waals surface area contributed by atoms with Gasteiger partial charge in [-0.1, -0.05) is 25.0 Å². The normalized spacial score (nSPS) is 28.3. The number of fused-ring (bicyclic) bond motifs is 1. The van der Waals surface area contributed by atoms with Crippen LogP contribution in [-0.2, 0) is 15.0 Å². The van der Waals surface area contributed by atoms with Crippen LogP contribution < -0.4 is 15.4 Å². The van der Waals surface area contributed by atoms with Crippen molar-refractivity contribution in [1.29, 1.82) is 0 Å². The SMILES string of the molecule is Cc1ncccc1O[C@H]1CO[C@H]2[C@@H]1OC[C@@H]2NC(=O)NC1(c2cccc(F)c2)CCCC1. The standard InChI is InChI=1S/C24H28FN3O4/c1-15-19(8-5-11-26-15)32-20-14-31-21-18(13-30-22(20)21)27-23(29)28-24(9-2-3-10-24)16-6-4-7-17(25)12-16/h4-8,11-12,18,20-22H,2-3,9-10,13-14H2,1H3,(H2,27,28,29)/t18-,20-,21+,22+/m0/s1. The van der Waals surface area contributed by atoms with Gasteiger partial charge in [-0.05, 0) is 49.6 Å². The van der Waals surface area contributed by atoms with Gasteiger partial charge < -0.3 is 24.8 Å². The van der Waals surface area contributed by atoms with Crippen LogP contribution in [0, 0.1) is 12.7 Å². The van der Waals surface area contributed by atoms with Gasteiger partial charge in [-0.25, -0.2) is 9.18 Å². The summed E-state index contributed by atoms with van der Waals surface area (Å²) in [5.74, 6) is 0.412. The Labute approximate surface area is 186 Å². The summed E-state index contributed by atoms with van der Waals surface area (Å²) >= 11 is 0. The zero-order valence-electron chi connectivity index (χ0n) is 18.1. The van der Waals surface area contributed by atoms with E-state index in [1.54, 1.807) is 12.3 Å². The van der Waals surface area contributed by atoms with Gasteiger partial charge in [0.15, 0.2) is 6.10 Å². The molecule has 32 heavy (non-hydrogen) atoms. The lowest BCUT2D eigenvalue weighted by Crippen LogP contribution is -2.54. The fourth-order valence-electron chi connectivity index (χ4n) is 5.12. The Morgan fingerprint density at radius 3 is 2.75 bits per heavy atom. The number of carbonyl (C=O) groups is 1. The first-order valence-electron chi connectivity index (χ1n) is 11.2. The second-order valence-electron chi connectivity index (χ2n) is 8.84. The van der Waals surface area contributed by atoms with E-state index in [2.05, 4.69) is 15.6 Å². The largest absolute Gasteiger partial charge is 0.483 e. The van der Waals surface area contributed by atoms with Gasteiger partial charge in [0.05, 0.1) is 30.5 Å². The third kappa shape index (κ3) is 4.04. The molecular weight excluding hydrogens is 413 g/mol. The average Bonchev–Trinajstić information content (AvgIpc) is 3.49. The number of urea groups is 1. The van der Waals surface area contributed by atoms with E-state index in [4.69, 9.17) is 14.2 Å². The number of hydrogen-bond acceptors (Lipinski definition) is 5. The molecule has 4 atom stereocenters. The Kier molecular flexibility index (Phi) is 5.73. The van der Waals surface area contributed by atoms with Crippen molar-refractivity contribution < 1.29 is 23.4 Å². The highest BCUT2D eigenvalue weighted by Gasteiger charge is 2.50. The minimum atomic E-state index is -0.551. The van der Waals surface area contributed by atoms with Gasteiger partial charge in [0.25, 0.3) is 0 Å². The number of benzene rings is 1. The first-order chi connectivity index (χ1) is 15.5. The minimum absolute atomic E-state index is 0.258. The van der Waals surface area contributed by atoms with Crippen LogP contribution in [0.5, 0.6) is 5.75 Å². The van der Waals surface area contributed by atoms with Crippen molar-refractivity contribution in [3.8, 4) is 5.75 Å². The highest BCUT2D eigenvalue weighted by Crippen LogP contribution is 2.39. The van der Waals surface area contributed by atoms with Crippen LogP contribution >= 0.6 is 0 Å². The van der Waals surface area contributed by atoms with Crippen LogP contribution in [0.15, 0.2) is 42.6 Å². The second-order valence-corrected chi connectivity index (χ2v) is 8.84. The number of rotatable bonds is 5. The van der Waals surface area contributed by atoms with E-state index >= 15 is 0 Å². The molecule has 2 aliphatic heterocycles. The number of aromatic nitrogens is 1. The quantitative estimate of drug-likeness (QED) is 0.745. The molecule has 8 heteroatoms. The van der Waals surface area contributed by atoms with E-state index in [1.165, 1.54) is 12.1 Å². The van der Waals surface area contributed by atoms with Gasteiger partial charge in [-0.3, -0.25) is 4.98 Å². The molecule has 2 amide bonds. The summed E-state index contributed by atoms with van der Waals surface area (Å²) < 4.78 is 31.8. The molecule has 0 unspecified atom stereocenters. The predicted molar refractivity (Wildman–Crippen MR) is 115 cm³/mol.